The van der Waals surface area contributed by atoms with Crippen molar-refractivity contribution < 1.29 is 14.3 Å². The van der Waals surface area contributed by atoms with Gasteiger partial charge in [0.15, 0.2) is 11.4 Å². The van der Waals surface area contributed by atoms with Crippen LogP contribution in [0.5, 0.6) is 5.75 Å². The molecule has 0 fully saturated rings. The van der Waals surface area contributed by atoms with Crippen LogP contribution in [-0.4, -0.2) is 33.4 Å². The van der Waals surface area contributed by atoms with Gasteiger partial charge in [0.1, 0.15) is 5.75 Å². The maximum atomic E-state index is 12.8. The smallest absolute Gasteiger partial charge is 0.255 e. The molecule has 0 radical (unpaired) electrons. The highest BCUT2D eigenvalue weighted by atomic mass is 16.5. The van der Waals surface area contributed by atoms with Crippen LogP contribution in [0.4, 0.5) is 5.69 Å². The number of fused-ring (bicyclic) bond motifs is 1. The summed E-state index contributed by atoms with van der Waals surface area (Å²) in [5, 5.41) is 6.98. The second kappa shape index (κ2) is 7.93. The Morgan fingerprint density at radius 2 is 1.93 bits per heavy atom. The van der Waals surface area contributed by atoms with E-state index < -0.39 is 0 Å². The summed E-state index contributed by atoms with van der Waals surface area (Å²) in [6.07, 6.45) is 4.98. The summed E-state index contributed by atoms with van der Waals surface area (Å²) >= 11 is 0. The molecule has 0 aliphatic heterocycles. The van der Waals surface area contributed by atoms with Gasteiger partial charge in [0, 0.05) is 35.6 Å². The van der Waals surface area contributed by atoms with E-state index >= 15 is 0 Å². The molecule has 0 unspecified atom stereocenters. The number of anilines is 1. The number of Topliss-reactive ketones (excluding diaryl/α,β-unsaturated/α-hetero) is 1. The maximum absolute atomic E-state index is 12.8. The minimum atomic E-state index is -0.251. The Bertz CT molecular complexity index is 1190. The van der Waals surface area contributed by atoms with E-state index in [1.165, 1.54) is 13.3 Å². The molecule has 2 aromatic heterocycles. The van der Waals surface area contributed by atoms with Gasteiger partial charge in [-0.2, -0.15) is 5.10 Å². The van der Waals surface area contributed by atoms with E-state index in [1.54, 1.807) is 41.2 Å². The number of ketones is 1. The molecule has 0 saturated carbocycles. The van der Waals surface area contributed by atoms with E-state index in [0.717, 1.165) is 0 Å². The molecular formula is C22H18N4O3. The van der Waals surface area contributed by atoms with Crippen LogP contribution in [0.15, 0.2) is 73.2 Å². The second-order valence-corrected chi connectivity index (χ2v) is 6.39. The predicted octanol–water partition coefficient (Wildman–Crippen LogP) is 3.42. The highest BCUT2D eigenvalue weighted by Gasteiger charge is 2.17. The van der Waals surface area contributed by atoms with Gasteiger partial charge in [-0.1, -0.05) is 24.3 Å². The quantitative estimate of drug-likeness (QED) is 0.513. The summed E-state index contributed by atoms with van der Waals surface area (Å²) in [6.45, 7) is 0. The van der Waals surface area contributed by atoms with Gasteiger partial charge in [0.2, 0.25) is 0 Å². The summed E-state index contributed by atoms with van der Waals surface area (Å²) in [6, 6.07) is 16.0. The van der Waals surface area contributed by atoms with Gasteiger partial charge in [-0.25, -0.2) is 9.50 Å². The molecule has 0 spiro atoms. The average molecular weight is 386 g/mol. The highest BCUT2D eigenvalue weighted by molar-refractivity contribution is 6.05. The zero-order chi connectivity index (χ0) is 20.2. The van der Waals surface area contributed by atoms with Crippen molar-refractivity contribution in [1.29, 1.82) is 0 Å². The standard InChI is InChI=1S/C22H18N4O3/c1-29-20-13-16(22(28)25-17-6-3-2-4-7-17)9-8-15(20)12-19(27)18-14-24-26-11-5-10-23-21(18)26/h2-11,13-14H,12H2,1H3,(H,25,28). The summed E-state index contributed by atoms with van der Waals surface area (Å²) in [5.74, 6) is 0.0983. The minimum Gasteiger partial charge on any atom is -0.496 e. The molecule has 4 rings (SSSR count). The zero-order valence-corrected chi connectivity index (χ0v) is 15.7. The Balaban J connectivity index is 1.55. The molecule has 1 amide bonds. The van der Waals surface area contributed by atoms with E-state index in [2.05, 4.69) is 15.4 Å². The van der Waals surface area contributed by atoms with Gasteiger partial charge in [-0.05, 0) is 30.3 Å². The Morgan fingerprint density at radius 1 is 1.10 bits per heavy atom. The summed E-state index contributed by atoms with van der Waals surface area (Å²) < 4.78 is 6.98. The molecule has 7 heteroatoms. The van der Waals surface area contributed by atoms with Crippen LogP contribution < -0.4 is 10.1 Å². The average Bonchev–Trinajstić information content (AvgIpc) is 3.19. The lowest BCUT2D eigenvalue weighted by Gasteiger charge is -2.11. The normalized spacial score (nSPS) is 10.7. The third kappa shape index (κ3) is 3.84. The fourth-order valence-electron chi connectivity index (χ4n) is 3.05. The van der Waals surface area contributed by atoms with Gasteiger partial charge >= 0.3 is 0 Å². The third-order valence-corrected chi connectivity index (χ3v) is 4.51. The number of hydrogen-bond acceptors (Lipinski definition) is 5. The number of carbonyl (C=O) groups is 2. The van der Waals surface area contributed by atoms with Gasteiger partial charge < -0.3 is 10.1 Å². The molecule has 7 nitrogen and oxygen atoms in total. The van der Waals surface area contributed by atoms with Crippen molar-refractivity contribution in [2.24, 2.45) is 0 Å². The number of nitrogens with zero attached hydrogens (tertiary/aromatic N) is 3. The zero-order valence-electron chi connectivity index (χ0n) is 15.7. The first kappa shape index (κ1) is 18.4. The molecule has 0 bridgehead atoms. The molecule has 29 heavy (non-hydrogen) atoms. The molecular weight excluding hydrogens is 368 g/mol. The first-order valence-electron chi connectivity index (χ1n) is 9.00. The molecule has 144 valence electrons. The van der Waals surface area contributed by atoms with Crippen LogP contribution in [0.2, 0.25) is 0 Å². The lowest BCUT2D eigenvalue weighted by molar-refractivity contribution is 0.0992. The van der Waals surface area contributed by atoms with Crippen LogP contribution in [0, 0.1) is 0 Å². The first-order chi connectivity index (χ1) is 14.2. The lowest BCUT2D eigenvalue weighted by atomic mass is 10.0. The Labute approximate surface area is 167 Å². The minimum absolute atomic E-state index is 0.113. The molecule has 4 aromatic rings. The number of benzene rings is 2. The van der Waals surface area contributed by atoms with Crippen LogP contribution in [0.25, 0.3) is 5.65 Å². The number of para-hydroxylation sites is 1. The number of ether oxygens (including phenoxy) is 1. The summed E-state index contributed by atoms with van der Waals surface area (Å²) in [7, 11) is 1.51. The molecule has 0 aliphatic carbocycles. The number of amides is 1. The Hall–Kier alpha value is -4.00. The molecule has 2 heterocycles. The van der Waals surface area contributed by atoms with Gasteiger partial charge in [0.25, 0.3) is 5.91 Å². The number of rotatable bonds is 6. The molecule has 0 saturated heterocycles. The summed E-state index contributed by atoms with van der Waals surface area (Å²) in [5.41, 5.74) is 2.79. The maximum Gasteiger partial charge on any atom is 0.255 e. The van der Waals surface area contributed by atoms with E-state index in [-0.39, 0.29) is 18.1 Å². The van der Waals surface area contributed by atoms with E-state index in [9.17, 15) is 9.59 Å². The van der Waals surface area contributed by atoms with Crippen LogP contribution in [0.3, 0.4) is 0 Å². The van der Waals surface area contributed by atoms with Crippen molar-refractivity contribution in [2.75, 3.05) is 12.4 Å². The van der Waals surface area contributed by atoms with Crippen molar-refractivity contribution in [3.05, 3.63) is 89.9 Å². The van der Waals surface area contributed by atoms with E-state index in [1.807, 2.05) is 30.3 Å². The molecule has 0 aliphatic rings. The number of carbonyl (C=O) groups excluding carboxylic acids is 2. The SMILES string of the molecule is COc1cc(C(=O)Nc2ccccc2)ccc1CC(=O)c1cnn2cccnc12. The second-order valence-electron chi connectivity index (χ2n) is 6.39. The van der Waals surface area contributed by atoms with Crippen molar-refractivity contribution in [3.63, 3.8) is 0 Å². The van der Waals surface area contributed by atoms with Crippen molar-refractivity contribution in [3.8, 4) is 5.75 Å². The molecule has 2 aromatic carbocycles. The topological polar surface area (TPSA) is 85.6 Å². The number of aromatic nitrogens is 3. The Kier molecular flexibility index (Phi) is 5.03. The van der Waals surface area contributed by atoms with Crippen LogP contribution in [0.1, 0.15) is 26.3 Å². The molecule has 1 N–H and O–H groups in total. The van der Waals surface area contributed by atoms with Crippen LogP contribution in [-0.2, 0) is 6.42 Å². The lowest BCUT2D eigenvalue weighted by Crippen LogP contribution is -2.12. The van der Waals surface area contributed by atoms with Crippen LogP contribution >= 0.6 is 0 Å². The third-order valence-electron chi connectivity index (χ3n) is 4.51. The fourth-order valence-corrected chi connectivity index (χ4v) is 3.05. The largest absolute Gasteiger partial charge is 0.496 e. The number of methoxy groups -OCH3 is 1. The number of nitrogens with one attached hydrogen (secondary N) is 1. The van der Waals surface area contributed by atoms with E-state index in [4.69, 9.17) is 4.74 Å². The summed E-state index contributed by atoms with van der Waals surface area (Å²) in [4.78, 5) is 29.5. The first-order valence-corrected chi connectivity index (χ1v) is 9.00. The Morgan fingerprint density at radius 3 is 2.72 bits per heavy atom. The van der Waals surface area contributed by atoms with Crippen molar-refractivity contribution >= 4 is 23.0 Å². The van der Waals surface area contributed by atoms with E-state index in [0.29, 0.717) is 33.8 Å². The fraction of sp³-hybridized carbons (Fsp3) is 0.0909. The van der Waals surface area contributed by atoms with Gasteiger partial charge in [0.05, 0.1) is 18.9 Å². The monoisotopic (exact) mass is 386 g/mol. The highest BCUT2D eigenvalue weighted by Crippen LogP contribution is 2.23. The van der Waals surface area contributed by atoms with Crippen molar-refractivity contribution in [2.45, 2.75) is 6.42 Å². The van der Waals surface area contributed by atoms with Gasteiger partial charge in [-0.3, -0.25) is 9.59 Å². The van der Waals surface area contributed by atoms with Gasteiger partial charge in [-0.15, -0.1) is 0 Å². The predicted molar refractivity (Wildman–Crippen MR) is 108 cm³/mol. The van der Waals surface area contributed by atoms with Crippen molar-refractivity contribution in [1.82, 2.24) is 14.6 Å². The molecule has 0 atom stereocenters. The number of hydrogen-bond donors (Lipinski definition) is 1.